The molecule has 1 amide bonds. The van der Waals surface area contributed by atoms with E-state index in [4.69, 9.17) is 14.2 Å². The molecule has 1 aliphatic rings. The highest BCUT2D eigenvalue weighted by Crippen LogP contribution is 2.42. The Hall–Kier alpha value is -3.02. The van der Waals surface area contributed by atoms with Gasteiger partial charge in [0.15, 0.2) is 11.5 Å². The van der Waals surface area contributed by atoms with Crippen molar-refractivity contribution in [3.8, 4) is 17.2 Å². The third kappa shape index (κ3) is 3.10. The maximum Gasteiger partial charge on any atom is 0.240 e. The van der Waals surface area contributed by atoms with Gasteiger partial charge >= 0.3 is 0 Å². The molecule has 26 heavy (non-hydrogen) atoms. The van der Waals surface area contributed by atoms with Crippen molar-refractivity contribution in [1.29, 1.82) is 0 Å². The van der Waals surface area contributed by atoms with E-state index in [2.05, 4.69) is 5.10 Å². The molecule has 0 fully saturated rings. The van der Waals surface area contributed by atoms with Crippen molar-refractivity contribution in [1.82, 2.24) is 5.01 Å². The number of hydrogen-bond donors (Lipinski definition) is 0. The van der Waals surface area contributed by atoms with Gasteiger partial charge in [-0.25, -0.2) is 5.01 Å². The summed E-state index contributed by atoms with van der Waals surface area (Å²) >= 11 is 0. The van der Waals surface area contributed by atoms with Crippen molar-refractivity contribution in [3.05, 3.63) is 53.6 Å². The third-order valence-corrected chi connectivity index (χ3v) is 4.44. The Kier molecular flexibility index (Phi) is 5.11. The summed E-state index contributed by atoms with van der Waals surface area (Å²) < 4.78 is 16.4. The summed E-state index contributed by atoms with van der Waals surface area (Å²) in [5.74, 6) is 1.83. The van der Waals surface area contributed by atoms with Crippen molar-refractivity contribution in [2.75, 3.05) is 21.3 Å². The number of methoxy groups -OCH3 is 3. The van der Waals surface area contributed by atoms with E-state index in [0.717, 1.165) is 22.6 Å². The van der Waals surface area contributed by atoms with Crippen molar-refractivity contribution in [3.63, 3.8) is 0 Å². The van der Waals surface area contributed by atoms with Crippen molar-refractivity contribution >= 4 is 11.6 Å². The van der Waals surface area contributed by atoms with Crippen LogP contribution in [0.1, 0.15) is 30.5 Å². The molecule has 136 valence electrons. The first kappa shape index (κ1) is 17.8. The lowest BCUT2D eigenvalue weighted by Crippen LogP contribution is -2.24. The van der Waals surface area contributed by atoms with E-state index in [1.54, 1.807) is 21.3 Å². The van der Waals surface area contributed by atoms with E-state index in [-0.39, 0.29) is 11.9 Å². The smallest absolute Gasteiger partial charge is 0.240 e. The number of hydrazone groups is 1. The second kappa shape index (κ2) is 7.47. The number of rotatable bonds is 5. The minimum absolute atomic E-state index is 0.134. The van der Waals surface area contributed by atoms with Gasteiger partial charge in [0, 0.05) is 24.5 Å². The number of hydrogen-bond acceptors (Lipinski definition) is 5. The zero-order chi connectivity index (χ0) is 18.7. The number of ether oxygens (including phenoxy) is 3. The summed E-state index contributed by atoms with van der Waals surface area (Å²) in [4.78, 5) is 12.2. The number of benzene rings is 2. The molecule has 3 rings (SSSR count). The molecular weight excluding hydrogens is 332 g/mol. The van der Waals surface area contributed by atoms with Gasteiger partial charge in [-0.05, 0) is 18.2 Å². The van der Waals surface area contributed by atoms with E-state index < -0.39 is 0 Å². The summed E-state index contributed by atoms with van der Waals surface area (Å²) in [6, 6.07) is 13.0. The summed E-state index contributed by atoms with van der Waals surface area (Å²) in [6.45, 7) is 1.51. The minimum atomic E-state index is -0.266. The lowest BCUT2D eigenvalue weighted by atomic mass is 9.97. The summed E-state index contributed by atoms with van der Waals surface area (Å²) in [6.07, 6.45) is 0.559. The Bertz CT molecular complexity index is 847. The third-order valence-electron chi connectivity index (χ3n) is 4.44. The van der Waals surface area contributed by atoms with Gasteiger partial charge in [-0.15, -0.1) is 0 Å². The first-order chi connectivity index (χ1) is 12.6. The standard InChI is InChI=1S/C20H22N2O4/c1-13(23)22-17(15-9-7-11-19(25-3)20(15)26-4)12-16(21-22)14-8-5-6-10-18(14)24-2/h5-11,17H,12H2,1-4H3/t17-/m1/s1. The molecule has 6 heteroatoms. The molecule has 2 aromatic carbocycles. The number of carbonyl (C=O) groups excluding carboxylic acids is 1. The maximum absolute atomic E-state index is 12.2. The van der Waals surface area contributed by atoms with E-state index in [0.29, 0.717) is 17.9 Å². The van der Waals surface area contributed by atoms with E-state index in [1.165, 1.54) is 11.9 Å². The average molecular weight is 354 g/mol. The van der Waals surface area contributed by atoms with Crippen LogP contribution in [0.2, 0.25) is 0 Å². The lowest BCUT2D eigenvalue weighted by molar-refractivity contribution is -0.130. The van der Waals surface area contributed by atoms with Gasteiger partial charge in [0.1, 0.15) is 5.75 Å². The molecule has 2 aromatic rings. The lowest BCUT2D eigenvalue weighted by Gasteiger charge is -2.23. The second-order valence-electron chi connectivity index (χ2n) is 5.91. The topological polar surface area (TPSA) is 60.4 Å². The van der Waals surface area contributed by atoms with Crippen LogP contribution in [0, 0.1) is 0 Å². The van der Waals surface area contributed by atoms with Gasteiger partial charge in [-0.3, -0.25) is 4.79 Å². The van der Waals surface area contributed by atoms with Crippen molar-refractivity contribution < 1.29 is 19.0 Å². The number of carbonyl (C=O) groups is 1. The van der Waals surface area contributed by atoms with Gasteiger partial charge in [-0.1, -0.05) is 24.3 Å². The molecule has 0 saturated carbocycles. The first-order valence-corrected chi connectivity index (χ1v) is 8.32. The molecule has 1 atom stereocenters. The molecule has 0 aromatic heterocycles. The first-order valence-electron chi connectivity index (χ1n) is 8.32. The monoisotopic (exact) mass is 354 g/mol. The van der Waals surface area contributed by atoms with E-state index in [1.807, 2.05) is 42.5 Å². The van der Waals surface area contributed by atoms with Crippen LogP contribution in [0.5, 0.6) is 17.2 Å². The molecule has 6 nitrogen and oxygen atoms in total. The van der Waals surface area contributed by atoms with Crippen LogP contribution in [0.4, 0.5) is 0 Å². The number of amides is 1. The largest absolute Gasteiger partial charge is 0.496 e. The van der Waals surface area contributed by atoms with E-state index >= 15 is 0 Å². The Labute approximate surface area is 153 Å². The van der Waals surface area contributed by atoms with Crippen LogP contribution >= 0.6 is 0 Å². The predicted octanol–water partition coefficient (Wildman–Crippen LogP) is 3.41. The Balaban J connectivity index is 2.05. The highest BCUT2D eigenvalue weighted by Gasteiger charge is 2.34. The van der Waals surface area contributed by atoms with E-state index in [9.17, 15) is 4.79 Å². The molecule has 0 aliphatic carbocycles. The fourth-order valence-electron chi connectivity index (χ4n) is 3.26. The maximum atomic E-state index is 12.2. The summed E-state index contributed by atoms with van der Waals surface area (Å²) in [7, 11) is 4.81. The van der Waals surface area contributed by atoms with Crippen LogP contribution < -0.4 is 14.2 Å². The molecule has 0 saturated heterocycles. The van der Waals surface area contributed by atoms with Crippen LogP contribution in [0.15, 0.2) is 47.6 Å². The van der Waals surface area contributed by atoms with Gasteiger partial charge in [-0.2, -0.15) is 5.10 Å². The van der Waals surface area contributed by atoms with Crippen LogP contribution in [0.25, 0.3) is 0 Å². The fourth-order valence-corrected chi connectivity index (χ4v) is 3.26. The highest BCUT2D eigenvalue weighted by molar-refractivity contribution is 6.05. The van der Waals surface area contributed by atoms with Gasteiger partial charge in [0.05, 0.1) is 33.1 Å². The van der Waals surface area contributed by atoms with Gasteiger partial charge < -0.3 is 14.2 Å². The SMILES string of the molecule is COc1ccccc1C1=NN(C(C)=O)[C@@H](c2cccc(OC)c2OC)C1. The molecular formula is C20H22N2O4. The average Bonchev–Trinajstić information content (AvgIpc) is 3.12. The van der Waals surface area contributed by atoms with Crippen LogP contribution in [-0.2, 0) is 4.79 Å². The van der Waals surface area contributed by atoms with Crippen LogP contribution in [-0.4, -0.2) is 38.0 Å². The molecule has 0 bridgehead atoms. The predicted molar refractivity (Wildman–Crippen MR) is 99.0 cm³/mol. The zero-order valence-electron chi connectivity index (χ0n) is 15.4. The minimum Gasteiger partial charge on any atom is -0.496 e. The normalized spacial score (nSPS) is 16.2. The van der Waals surface area contributed by atoms with Crippen LogP contribution in [0.3, 0.4) is 0 Å². The second-order valence-corrected chi connectivity index (χ2v) is 5.91. The quantitative estimate of drug-likeness (QED) is 0.826. The number of para-hydroxylation sites is 2. The van der Waals surface area contributed by atoms with Crippen molar-refractivity contribution in [2.45, 2.75) is 19.4 Å². The molecule has 0 N–H and O–H groups in total. The molecule has 1 heterocycles. The highest BCUT2D eigenvalue weighted by atomic mass is 16.5. The summed E-state index contributed by atoms with van der Waals surface area (Å²) in [5.41, 5.74) is 2.54. The molecule has 0 unspecified atom stereocenters. The van der Waals surface area contributed by atoms with Gasteiger partial charge in [0.2, 0.25) is 5.91 Å². The fraction of sp³-hybridized carbons (Fsp3) is 0.300. The molecule has 0 radical (unpaired) electrons. The summed E-state index contributed by atoms with van der Waals surface area (Å²) in [5, 5.41) is 6.08. The molecule has 0 spiro atoms. The Morgan fingerprint density at radius 2 is 1.69 bits per heavy atom. The van der Waals surface area contributed by atoms with Gasteiger partial charge in [0.25, 0.3) is 0 Å². The number of nitrogens with zero attached hydrogens (tertiary/aromatic N) is 2. The molecule has 1 aliphatic heterocycles. The zero-order valence-corrected chi connectivity index (χ0v) is 15.4. The van der Waals surface area contributed by atoms with Crippen molar-refractivity contribution in [2.24, 2.45) is 5.10 Å². The Morgan fingerprint density at radius 1 is 1.00 bits per heavy atom. The Morgan fingerprint density at radius 3 is 2.35 bits per heavy atom.